The average Bonchev–Trinajstić information content (AvgIpc) is 2.52. The van der Waals surface area contributed by atoms with Crippen molar-refractivity contribution in [2.75, 3.05) is 12.5 Å². The summed E-state index contributed by atoms with van der Waals surface area (Å²) in [4.78, 5) is 2.33. The summed E-state index contributed by atoms with van der Waals surface area (Å²) in [7, 11) is 4.04. The van der Waals surface area contributed by atoms with Crippen LogP contribution in [-0.4, -0.2) is 27.8 Å². The summed E-state index contributed by atoms with van der Waals surface area (Å²) in [5, 5.41) is 4.39. The van der Waals surface area contributed by atoms with E-state index >= 15 is 0 Å². The zero-order valence-electron chi connectivity index (χ0n) is 11.8. The highest BCUT2D eigenvalue weighted by Crippen LogP contribution is 2.21. The fraction of sp³-hybridized carbons (Fsp3) is 0.750. The molecule has 1 aromatic heterocycles. The van der Waals surface area contributed by atoms with Gasteiger partial charge in [0.25, 0.3) is 0 Å². The number of nitrogens with one attached hydrogen (secondary N) is 1. The molecule has 0 radical (unpaired) electrons. The van der Waals surface area contributed by atoms with Crippen molar-refractivity contribution < 1.29 is 0 Å². The number of anilines is 1. The highest BCUT2D eigenvalue weighted by molar-refractivity contribution is 5.46. The van der Waals surface area contributed by atoms with Gasteiger partial charge in [-0.2, -0.15) is 5.10 Å². The lowest BCUT2D eigenvalue weighted by Crippen LogP contribution is -2.33. The number of hydrogen-bond donors (Lipinski definition) is 2. The summed E-state index contributed by atoms with van der Waals surface area (Å²) in [6, 6.07) is 0.528. The van der Waals surface area contributed by atoms with E-state index in [-0.39, 0.29) is 0 Å². The molecule has 0 aliphatic rings. The van der Waals surface area contributed by atoms with E-state index in [0.29, 0.717) is 12.0 Å². The van der Waals surface area contributed by atoms with Gasteiger partial charge in [0.05, 0.1) is 5.69 Å². The van der Waals surface area contributed by atoms with Gasteiger partial charge in [0.1, 0.15) is 5.82 Å². The lowest BCUT2D eigenvalue weighted by molar-refractivity contribution is 0.200. The monoisotopic (exact) mass is 239 g/mol. The van der Waals surface area contributed by atoms with Crippen LogP contribution in [0.2, 0.25) is 0 Å². The lowest BCUT2D eigenvalue weighted by Gasteiger charge is -2.28. The summed E-state index contributed by atoms with van der Waals surface area (Å²) in [5.41, 5.74) is 4.93. The van der Waals surface area contributed by atoms with Gasteiger partial charge in [-0.15, -0.1) is 0 Å². The average molecular weight is 239 g/mol. The minimum absolute atomic E-state index is 0.528. The first-order valence-electron chi connectivity index (χ1n) is 6.07. The van der Waals surface area contributed by atoms with Crippen molar-refractivity contribution in [2.24, 2.45) is 18.8 Å². The van der Waals surface area contributed by atoms with Gasteiger partial charge in [-0.25, -0.2) is 5.84 Å². The molecular formula is C12H25N5. The molecule has 3 N–H and O–H groups in total. The highest BCUT2D eigenvalue weighted by Gasteiger charge is 2.18. The van der Waals surface area contributed by atoms with Gasteiger partial charge in [0.2, 0.25) is 0 Å². The van der Waals surface area contributed by atoms with Crippen molar-refractivity contribution in [1.29, 1.82) is 0 Å². The van der Waals surface area contributed by atoms with Gasteiger partial charge in [0, 0.05) is 25.2 Å². The molecular weight excluding hydrogens is 214 g/mol. The van der Waals surface area contributed by atoms with Crippen molar-refractivity contribution in [3.63, 3.8) is 0 Å². The predicted octanol–water partition coefficient (Wildman–Crippen LogP) is 1.49. The SMILES string of the molecule is Cc1nn(C)c(NN)c1CN(C)C(C)C(C)C. The minimum Gasteiger partial charge on any atom is -0.308 e. The Kier molecular flexibility index (Phi) is 4.54. The van der Waals surface area contributed by atoms with Crippen molar-refractivity contribution in [2.45, 2.75) is 40.3 Å². The van der Waals surface area contributed by atoms with Crippen LogP contribution >= 0.6 is 0 Å². The first-order valence-corrected chi connectivity index (χ1v) is 6.07. The summed E-state index contributed by atoms with van der Waals surface area (Å²) in [6.45, 7) is 9.59. The fourth-order valence-corrected chi connectivity index (χ4v) is 1.97. The van der Waals surface area contributed by atoms with Crippen molar-refractivity contribution in [3.8, 4) is 0 Å². The van der Waals surface area contributed by atoms with Crippen LogP contribution in [0.25, 0.3) is 0 Å². The normalized spacial score (nSPS) is 13.5. The molecule has 0 aliphatic heterocycles. The summed E-state index contributed by atoms with van der Waals surface area (Å²) >= 11 is 0. The first kappa shape index (κ1) is 14.0. The number of nitrogens with two attached hydrogens (primary N) is 1. The largest absolute Gasteiger partial charge is 0.308 e. The van der Waals surface area contributed by atoms with Crippen LogP contribution in [0.3, 0.4) is 0 Å². The Morgan fingerprint density at radius 1 is 1.41 bits per heavy atom. The molecule has 0 bridgehead atoms. The maximum atomic E-state index is 5.55. The molecule has 0 saturated carbocycles. The molecule has 1 rings (SSSR count). The minimum atomic E-state index is 0.528. The molecule has 5 heteroatoms. The van der Waals surface area contributed by atoms with E-state index < -0.39 is 0 Å². The van der Waals surface area contributed by atoms with Crippen LogP contribution in [-0.2, 0) is 13.6 Å². The third kappa shape index (κ3) is 2.98. The number of nitrogens with zero attached hydrogens (tertiary/aromatic N) is 3. The molecule has 5 nitrogen and oxygen atoms in total. The van der Waals surface area contributed by atoms with Crippen LogP contribution in [0.15, 0.2) is 0 Å². The molecule has 1 aromatic rings. The van der Waals surface area contributed by atoms with Crippen molar-refractivity contribution in [1.82, 2.24) is 14.7 Å². The molecule has 1 heterocycles. The van der Waals surface area contributed by atoms with Gasteiger partial charge in [-0.1, -0.05) is 13.8 Å². The zero-order chi connectivity index (χ0) is 13.2. The molecule has 1 atom stereocenters. The lowest BCUT2D eigenvalue weighted by atomic mass is 10.0. The molecule has 0 fully saturated rings. The standard InChI is InChI=1S/C12H25N5/c1-8(2)10(4)16(5)7-11-9(3)15-17(6)12(11)14-13/h8,10,14H,7,13H2,1-6H3. The van der Waals surface area contributed by atoms with Gasteiger partial charge >= 0.3 is 0 Å². The van der Waals surface area contributed by atoms with E-state index in [0.717, 1.165) is 18.1 Å². The highest BCUT2D eigenvalue weighted by atomic mass is 15.4. The fourth-order valence-electron chi connectivity index (χ4n) is 1.97. The molecule has 0 spiro atoms. The smallest absolute Gasteiger partial charge is 0.142 e. The summed E-state index contributed by atoms with van der Waals surface area (Å²) < 4.78 is 1.79. The third-order valence-electron chi connectivity index (χ3n) is 3.55. The second-order valence-electron chi connectivity index (χ2n) is 5.08. The van der Waals surface area contributed by atoms with E-state index in [1.54, 1.807) is 4.68 Å². The molecule has 0 aliphatic carbocycles. The maximum Gasteiger partial charge on any atom is 0.142 e. The summed E-state index contributed by atoms with van der Waals surface area (Å²) in [6.07, 6.45) is 0. The van der Waals surface area contributed by atoms with Crippen molar-refractivity contribution >= 4 is 5.82 Å². The number of hydrazine groups is 1. The van der Waals surface area contributed by atoms with Crippen LogP contribution < -0.4 is 11.3 Å². The Balaban J connectivity index is 2.88. The van der Waals surface area contributed by atoms with Gasteiger partial charge in [-0.3, -0.25) is 9.58 Å². The first-order chi connectivity index (χ1) is 7.88. The van der Waals surface area contributed by atoms with Gasteiger partial charge in [0.15, 0.2) is 0 Å². The Labute approximate surface area is 104 Å². The van der Waals surface area contributed by atoms with E-state index in [1.807, 2.05) is 14.0 Å². The quantitative estimate of drug-likeness (QED) is 0.604. The number of nitrogen functional groups attached to an aromatic ring is 1. The number of aryl methyl sites for hydroxylation is 2. The molecule has 0 saturated heterocycles. The van der Waals surface area contributed by atoms with Crippen LogP contribution in [0.4, 0.5) is 5.82 Å². The molecule has 0 amide bonds. The van der Waals surface area contributed by atoms with E-state index in [2.05, 4.69) is 43.2 Å². The van der Waals surface area contributed by atoms with Crippen LogP contribution in [0.5, 0.6) is 0 Å². The molecule has 98 valence electrons. The Morgan fingerprint density at radius 3 is 2.47 bits per heavy atom. The Hall–Kier alpha value is -1.07. The molecule has 0 aromatic carbocycles. The zero-order valence-corrected chi connectivity index (χ0v) is 11.8. The Morgan fingerprint density at radius 2 is 2.00 bits per heavy atom. The van der Waals surface area contributed by atoms with Gasteiger partial charge in [-0.05, 0) is 26.8 Å². The second-order valence-corrected chi connectivity index (χ2v) is 5.08. The topological polar surface area (TPSA) is 59.1 Å². The summed E-state index contributed by atoms with van der Waals surface area (Å²) in [5.74, 6) is 7.07. The Bertz CT molecular complexity index is 369. The van der Waals surface area contributed by atoms with E-state index in [4.69, 9.17) is 5.84 Å². The predicted molar refractivity (Wildman–Crippen MR) is 71.5 cm³/mol. The van der Waals surface area contributed by atoms with Gasteiger partial charge < -0.3 is 5.43 Å². The van der Waals surface area contributed by atoms with Crippen LogP contribution in [0.1, 0.15) is 32.0 Å². The van der Waals surface area contributed by atoms with Crippen LogP contribution in [0, 0.1) is 12.8 Å². The number of aromatic nitrogens is 2. The third-order valence-corrected chi connectivity index (χ3v) is 3.55. The number of rotatable bonds is 5. The second kappa shape index (κ2) is 5.51. The maximum absolute atomic E-state index is 5.55. The molecule has 1 unspecified atom stereocenters. The van der Waals surface area contributed by atoms with E-state index in [9.17, 15) is 0 Å². The van der Waals surface area contributed by atoms with E-state index in [1.165, 1.54) is 5.56 Å². The van der Waals surface area contributed by atoms with Crippen molar-refractivity contribution in [3.05, 3.63) is 11.3 Å². The molecule has 17 heavy (non-hydrogen) atoms. The number of hydrogen-bond acceptors (Lipinski definition) is 4.